The molecule has 170 valence electrons. The molecule has 5 aromatic heterocycles. The molecule has 0 amide bonds. The quantitative estimate of drug-likeness (QED) is 0.390. The first-order chi connectivity index (χ1) is 16.7. The smallest absolute Gasteiger partial charge is 0.137 e. The zero-order valence-corrected chi connectivity index (χ0v) is 18.9. The number of hydrogen-bond donors (Lipinski definition) is 1. The van der Waals surface area contributed by atoms with E-state index < -0.39 is 0 Å². The second kappa shape index (κ2) is 7.63. The summed E-state index contributed by atoms with van der Waals surface area (Å²) in [6, 6.07) is 10.3. The number of aromatic nitrogens is 7. The van der Waals surface area contributed by atoms with Gasteiger partial charge in [0.1, 0.15) is 11.3 Å². The predicted octanol–water partition coefficient (Wildman–Crippen LogP) is 3.72. The van der Waals surface area contributed by atoms with E-state index in [1.807, 2.05) is 52.4 Å². The van der Waals surface area contributed by atoms with Crippen molar-refractivity contribution in [1.82, 2.24) is 39.2 Å². The highest BCUT2D eigenvalue weighted by Gasteiger charge is 2.55. The Labute approximate surface area is 197 Å². The predicted molar refractivity (Wildman–Crippen MR) is 128 cm³/mol. The Balaban J connectivity index is 1.04. The molecule has 3 saturated carbocycles. The fraction of sp³-hybridized carbons (Fsp3) is 0.308. The monoisotopic (exact) mass is 450 g/mol. The molecule has 3 aliphatic rings. The molecule has 5 heterocycles. The summed E-state index contributed by atoms with van der Waals surface area (Å²) in [7, 11) is 0. The molecule has 8 rings (SSSR count). The lowest BCUT2D eigenvalue weighted by molar-refractivity contribution is -0.103. The highest BCUT2D eigenvalue weighted by molar-refractivity contribution is 5.59. The van der Waals surface area contributed by atoms with E-state index in [0.29, 0.717) is 12.0 Å². The maximum absolute atomic E-state index is 4.77. The first-order valence-corrected chi connectivity index (χ1v) is 11.9. The van der Waals surface area contributed by atoms with Crippen molar-refractivity contribution in [2.45, 2.75) is 32.4 Å². The number of imidazole rings is 1. The highest BCUT2D eigenvalue weighted by Crippen LogP contribution is 2.63. The van der Waals surface area contributed by atoms with E-state index in [9.17, 15) is 0 Å². The van der Waals surface area contributed by atoms with E-state index >= 15 is 0 Å². The molecule has 8 heteroatoms. The van der Waals surface area contributed by atoms with Gasteiger partial charge in [0.05, 0.1) is 30.3 Å². The Kier molecular flexibility index (Phi) is 4.41. The first kappa shape index (κ1) is 19.7. The van der Waals surface area contributed by atoms with Gasteiger partial charge in [-0.15, -0.1) is 5.10 Å². The van der Waals surface area contributed by atoms with Crippen molar-refractivity contribution in [3.63, 3.8) is 0 Å². The third-order valence-electron chi connectivity index (χ3n) is 7.34. The first-order valence-electron chi connectivity index (χ1n) is 11.9. The van der Waals surface area contributed by atoms with Crippen molar-refractivity contribution in [3.8, 4) is 16.9 Å². The topological polar surface area (TPSA) is 77.9 Å². The van der Waals surface area contributed by atoms with Gasteiger partial charge in [-0.1, -0.05) is 11.3 Å². The molecule has 0 unspecified atom stereocenters. The molecule has 3 fully saturated rings. The van der Waals surface area contributed by atoms with Gasteiger partial charge < -0.3 is 14.3 Å². The molecule has 0 atom stereocenters. The van der Waals surface area contributed by atoms with Crippen LogP contribution in [-0.4, -0.2) is 40.5 Å². The van der Waals surface area contributed by atoms with E-state index in [1.165, 1.54) is 24.8 Å². The SMILES string of the molecule is c1ccn(-c2cncc(-c3cn(Cc4cn5cc(CNCC67CC(C6)C7)ccc5n4)nn3)c2)c1. The van der Waals surface area contributed by atoms with Gasteiger partial charge >= 0.3 is 0 Å². The summed E-state index contributed by atoms with van der Waals surface area (Å²) in [5.74, 6) is 1.04. The Hall–Kier alpha value is -3.78. The van der Waals surface area contributed by atoms with Crippen LogP contribution in [0.1, 0.15) is 30.5 Å². The van der Waals surface area contributed by atoms with Gasteiger partial charge in [0, 0.05) is 49.6 Å². The number of rotatable bonds is 8. The summed E-state index contributed by atoms with van der Waals surface area (Å²) in [4.78, 5) is 9.14. The van der Waals surface area contributed by atoms with Crippen molar-refractivity contribution in [1.29, 1.82) is 0 Å². The molecule has 5 aromatic rings. The molecule has 8 nitrogen and oxygen atoms in total. The average molecular weight is 451 g/mol. The van der Waals surface area contributed by atoms with Crippen molar-refractivity contribution in [2.75, 3.05) is 6.54 Å². The minimum Gasteiger partial charge on any atom is -0.322 e. The molecule has 2 bridgehead atoms. The number of fused-ring (bicyclic) bond motifs is 1. The van der Waals surface area contributed by atoms with E-state index in [1.54, 1.807) is 0 Å². The van der Waals surface area contributed by atoms with Crippen LogP contribution in [0.4, 0.5) is 0 Å². The van der Waals surface area contributed by atoms with Gasteiger partial charge in [0.2, 0.25) is 0 Å². The lowest BCUT2D eigenvalue weighted by Gasteiger charge is -2.62. The Bertz CT molecular complexity index is 1440. The lowest BCUT2D eigenvalue weighted by atomic mass is 9.44. The number of nitrogens with one attached hydrogen (secondary N) is 1. The van der Waals surface area contributed by atoms with Crippen LogP contribution in [0.25, 0.3) is 22.6 Å². The summed E-state index contributed by atoms with van der Waals surface area (Å²) >= 11 is 0. The van der Waals surface area contributed by atoms with Crippen LogP contribution in [-0.2, 0) is 13.1 Å². The van der Waals surface area contributed by atoms with Gasteiger partial charge in [-0.25, -0.2) is 9.67 Å². The molecular weight excluding hydrogens is 424 g/mol. The summed E-state index contributed by atoms with van der Waals surface area (Å²) in [5, 5.41) is 12.3. The molecule has 0 spiro atoms. The van der Waals surface area contributed by atoms with Crippen LogP contribution in [0, 0.1) is 11.3 Å². The number of nitrogens with zero attached hydrogens (tertiary/aromatic N) is 7. The lowest BCUT2D eigenvalue weighted by Crippen LogP contribution is -2.56. The molecule has 0 aromatic carbocycles. The Morgan fingerprint density at radius 3 is 2.74 bits per heavy atom. The minimum absolute atomic E-state index is 0.566. The van der Waals surface area contributed by atoms with Gasteiger partial charge in [-0.3, -0.25) is 4.98 Å². The molecule has 3 aliphatic carbocycles. The van der Waals surface area contributed by atoms with Crippen molar-refractivity contribution in [3.05, 3.63) is 85.0 Å². The molecule has 0 saturated heterocycles. The zero-order chi connectivity index (χ0) is 22.5. The van der Waals surface area contributed by atoms with Gasteiger partial charge in [-0.05, 0) is 60.4 Å². The van der Waals surface area contributed by atoms with Crippen molar-refractivity contribution < 1.29 is 0 Å². The summed E-state index contributed by atoms with van der Waals surface area (Å²) in [6.07, 6.45) is 18.1. The standard InChI is InChI=1S/C26H26N8/c1-2-6-32(5-1)23-7-21(12-27-13-23)24-17-34(31-30-24)16-22-15-33-14-19(3-4-25(33)29-22)11-28-18-26-8-20(9-26)10-26/h1-7,12-15,17,20,28H,8-11,16,18H2. The number of pyridine rings is 2. The average Bonchev–Trinajstić information content (AvgIpc) is 3.55. The van der Waals surface area contributed by atoms with Gasteiger partial charge in [0.25, 0.3) is 0 Å². The minimum atomic E-state index is 0.566. The van der Waals surface area contributed by atoms with E-state index in [4.69, 9.17) is 4.98 Å². The fourth-order valence-electron chi connectivity index (χ4n) is 5.51. The van der Waals surface area contributed by atoms with Crippen molar-refractivity contribution >= 4 is 5.65 Å². The molecule has 1 N–H and O–H groups in total. The maximum Gasteiger partial charge on any atom is 0.137 e. The second-order valence-electron chi connectivity index (χ2n) is 9.94. The van der Waals surface area contributed by atoms with E-state index in [-0.39, 0.29) is 0 Å². The van der Waals surface area contributed by atoms with E-state index in [2.05, 4.69) is 55.6 Å². The molecule has 0 radical (unpaired) electrons. The molecule has 34 heavy (non-hydrogen) atoms. The summed E-state index contributed by atoms with van der Waals surface area (Å²) in [6.45, 7) is 2.62. The largest absolute Gasteiger partial charge is 0.322 e. The Morgan fingerprint density at radius 1 is 1.03 bits per heavy atom. The second-order valence-corrected chi connectivity index (χ2v) is 9.94. The molecule has 0 aliphatic heterocycles. The third-order valence-corrected chi connectivity index (χ3v) is 7.34. The van der Waals surface area contributed by atoms with Crippen LogP contribution in [0.5, 0.6) is 0 Å². The Morgan fingerprint density at radius 2 is 1.91 bits per heavy atom. The summed E-state index contributed by atoms with van der Waals surface area (Å²) in [5.41, 5.74) is 6.53. The van der Waals surface area contributed by atoms with Crippen LogP contribution in [0.3, 0.4) is 0 Å². The highest BCUT2D eigenvalue weighted by atomic mass is 15.4. The van der Waals surface area contributed by atoms with Crippen LogP contribution in [0.15, 0.2) is 73.7 Å². The normalized spacial score (nSPS) is 20.9. The number of hydrogen-bond acceptors (Lipinski definition) is 5. The van der Waals surface area contributed by atoms with Gasteiger partial charge in [0.15, 0.2) is 0 Å². The van der Waals surface area contributed by atoms with Gasteiger partial charge in [-0.2, -0.15) is 0 Å². The summed E-state index contributed by atoms with van der Waals surface area (Å²) < 4.78 is 5.96. The van der Waals surface area contributed by atoms with Crippen LogP contribution >= 0.6 is 0 Å². The fourth-order valence-corrected chi connectivity index (χ4v) is 5.51. The zero-order valence-electron chi connectivity index (χ0n) is 18.9. The van der Waals surface area contributed by atoms with Crippen LogP contribution < -0.4 is 5.32 Å². The van der Waals surface area contributed by atoms with Crippen molar-refractivity contribution in [2.24, 2.45) is 11.3 Å². The van der Waals surface area contributed by atoms with E-state index in [0.717, 1.165) is 47.3 Å². The maximum atomic E-state index is 4.77. The molecular formula is C26H26N8. The van der Waals surface area contributed by atoms with Crippen LogP contribution in [0.2, 0.25) is 0 Å². The third kappa shape index (κ3) is 3.51.